The van der Waals surface area contributed by atoms with Crippen LogP contribution in [0.2, 0.25) is 0 Å². The Balaban J connectivity index is 2.01. The zero-order chi connectivity index (χ0) is 16.4. The molecule has 4 nitrogen and oxygen atoms in total. The van der Waals surface area contributed by atoms with Crippen molar-refractivity contribution in [3.05, 3.63) is 83.3 Å². The fraction of sp³-hybridized carbons (Fsp3) is 0. The number of nitrogens with one attached hydrogen (secondary N) is 1. The lowest BCUT2D eigenvalue weighted by atomic mass is 10.0. The van der Waals surface area contributed by atoms with Gasteiger partial charge in [0, 0.05) is 5.29 Å². The lowest BCUT2D eigenvalue weighted by molar-refractivity contribution is 1.50. The lowest BCUT2D eigenvalue weighted by Crippen LogP contribution is -2.21. The molecule has 0 saturated carbocycles. The van der Waals surface area contributed by atoms with Gasteiger partial charge in [-0.25, -0.2) is 0 Å². The maximum Gasteiger partial charge on any atom is 0.0728 e. The summed E-state index contributed by atoms with van der Waals surface area (Å²) in [5, 5.41) is 10.6. The van der Waals surface area contributed by atoms with Gasteiger partial charge in [-0.3, -0.25) is 16.5 Å². The van der Waals surface area contributed by atoms with Crippen LogP contribution in [0, 0.1) is 5.41 Å². The van der Waals surface area contributed by atoms with E-state index in [1.807, 2.05) is 36.5 Å². The summed E-state index contributed by atoms with van der Waals surface area (Å²) in [5.74, 6) is 0. The number of hydrogen-bond acceptors (Lipinski definition) is 4. The minimum atomic E-state index is -2.45. The Labute approximate surface area is 135 Å². The highest BCUT2D eigenvalue weighted by atomic mass is 31.2. The summed E-state index contributed by atoms with van der Waals surface area (Å²) in [4.78, 5) is 0. The average molecular weight is 322 g/mol. The molecule has 0 fully saturated rings. The van der Waals surface area contributed by atoms with Gasteiger partial charge >= 0.3 is 0 Å². The van der Waals surface area contributed by atoms with Crippen LogP contribution >= 0.6 is 7.34 Å². The van der Waals surface area contributed by atoms with Gasteiger partial charge in [-0.05, 0) is 33.7 Å². The Morgan fingerprint density at radius 3 is 1.39 bits per heavy atom. The molecular weight excluding hydrogens is 303 g/mol. The molecule has 5 heteroatoms. The van der Waals surface area contributed by atoms with Gasteiger partial charge in [0.15, 0.2) is 0 Å². The van der Waals surface area contributed by atoms with Crippen LogP contribution in [0.4, 0.5) is 0 Å². The number of rotatable bonds is 0. The quantitative estimate of drug-likeness (QED) is 0.537. The largest absolute Gasteiger partial charge is 0.301 e. The Kier molecular flexibility index (Phi) is 4.16. The first-order valence-corrected chi connectivity index (χ1v) is 9.21. The zero-order valence-electron chi connectivity index (χ0n) is 12.6. The molecule has 0 saturated heterocycles. The Morgan fingerprint density at radius 1 is 0.609 bits per heavy atom. The van der Waals surface area contributed by atoms with Crippen LogP contribution in [-0.2, 0) is 0 Å². The van der Waals surface area contributed by atoms with E-state index in [0.29, 0.717) is 5.71 Å². The van der Waals surface area contributed by atoms with E-state index in [1.165, 1.54) is 0 Å². The predicted molar refractivity (Wildman–Crippen MR) is 101 cm³/mol. The summed E-state index contributed by atoms with van der Waals surface area (Å²) >= 11 is 0. The SMILES string of the molecule is N=C1C=CC(=c2ccc(=C3C=CC(=P(N)(N)N)C=C3)cc2)C=C1. The van der Waals surface area contributed by atoms with Crippen molar-refractivity contribution in [1.29, 1.82) is 5.41 Å². The van der Waals surface area contributed by atoms with Gasteiger partial charge in [-0.1, -0.05) is 60.7 Å². The first-order valence-electron chi connectivity index (χ1n) is 7.21. The first-order chi connectivity index (χ1) is 10.9. The van der Waals surface area contributed by atoms with Crippen molar-refractivity contribution in [3.63, 3.8) is 0 Å². The molecule has 23 heavy (non-hydrogen) atoms. The standard InChI is InChI=1S/C18H19N4P/c19-17-9-5-15(6-10-17)13-1-3-14(4-2-13)16-7-11-18(12-8-16)23(20,21)22/h1-12,19H,20-22H2. The molecule has 0 radical (unpaired) electrons. The van der Waals surface area contributed by atoms with Gasteiger partial charge in [0.1, 0.15) is 0 Å². The highest BCUT2D eigenvalue weighted by Crippen LogP contribution is 2.22. The van der Waals surface area contributed by atoms with E-state index in [9.17, 15) is 0 Å². The Bertz CT molecular complexity index is 901. The summed E-state index contributed by atoms with van der Waals surface area (Å²) in [7, 11) is -2.45. The molecule has 0 aromatic heterocycles. The van der Waals surface area contributed by atoms with E-state index in [-0.39, 0.29) is 0 Å². The van der Waals surface area contributed by atoms with Crippen LogP contribution in [-0.4, -0.2) is 11.0 Å². The number of benzene rings is 1. The molecule has 3 rings (SSSR count). The third-order valence-corrected chi connectivity index (χ3v) is 4.94. The van der Waals surface area contributed by atoms with Gasteiger partial charge in [-0.15, -0.1) is 0 Å². The van der Waals surface area contributed by atoms with Crippen molar-refractivity contribution in [2.45, 2.75) is 0 Å². The second kappa shape index (κ2) is 6.11. The van der Waals surface area contributed by atoms with Crippen LogP contribution < -0.4 is 26.9 Å². The van der Waals surface area contributed by atoms with Crippen LogP contribution in [0.1, 0.15) is 0 Å². The monoisotopic (exact) mass is 322 g/mol. The average Bonchev–Trinajstić information content (AvgIpc) is 2.55. The molecule has 0 aliphatic heterocycles. The molecule has 1 aromatic carbocycles. The Morgan fingerprint density at radius 2 is 1.00 bits per heavy atom. The molecule has 0 unspecified atom stereocenters. The minimum Gasteiger partial charge on any atom is -0.301 e. The van der Waals surface area contributed by atoms with E-state index in [0.717, 1.165) is 26.9 Å². The molecule has 2 aliphatic carbocycles. The molecule has 0 heterocycles. The maximum absolute atomic E-state index is 7.54. The van der Waals surface area contributed by atoms with Crippen molar-refractivity contribution in [1.82, 2.24) is 0 Å². The molecule has 7 N–H and O–H groups in total. The zero-order valence-corrected chi connectivity index (χ0v) is 13.5. The number of allylic oxidation sites excluding steroid dienone is 8. The molecule has 0 spiro atoms. The van der Waals surface area contributed by atoms with Crippen molar-refractivity contribution >= 4 is 29.5 Å². The van der Waals surface area contributed by atoms with Crippen molar-refractivity contribution in [2.75, 3.05) is 0 Å². The summed E-state index contributed by atoms with van der Waals surface area (Å²) in [6.45, 7) is 0. The normalized spacial score (nSPS) is 17.3. The lowest BCUT2D eigenvalue weighted by Gasteiger charge is -2.14. The van der Waals surface area contributed by atoms with E-state index >= 15 is 0 Å². The van der Waals surface area contributed by atoms with Gasteiger partial charge in [0.25, 0.3) is 0 Å². The minimum absolute atomic E-state index is 0.518. The van der Waals surface area contributed by atoms with Crippen molar-refractivity contribution in [3.8, 4) is 0 Å². The van der Waals surface area contributed by atoms with Crippen LogP contribution in [0.3, 0.4) is 0 Å². The van der Waals surface area contributed by atoms with Gasteiger partial charge in [0.2, 0.25) is 0 Å². The topological polar surface area (TPSA) is 102 Å². The summed E-state index contributed by atoms with van der Waals surface area (Å²) in [6.07, 6.45) is 15.3. The highest BCUT2D eigenvalue weighted by molar-refractivity contribution is 7.70. The molecule has 116 valence electrons. The molecule has 0 amide bonds. The summed E-state index contributed by atoms with van der Waals surface area (Å²) < 4.78 is 0. The van der Waals surface area contributed by atoms with Crippen LogP contribution in [0.15, 0.2) is 72.9 Å². The summed E-state index contributed by atoms with van der Waals surface area (Å²) in [6, 6.07) is 8.31. The van der Waals surface area contributed by atoms with Crippen molar-refractivity contribution in [2.24, 2.45) is 16.5 Å². The third kappa shape index (κ3) is 3.58. The van der Waals surface area contributed by atoms with Gasteiger partial charge in [-0.2, -0.15) is 0 Å². The molecule has 0 bridgehead atoms. The molecule has 0 atom stereocenters. The van der Waals surface area contributed by atoms with E-state index < -0.39 is 7.34 Å². The predicted octanol–water partition coefficient (Wildman–Crippen LogP) is 1.07. The third-order valence-electron chi connectivity index (χ3n) is 3.75. The smallest absolute Gasteiger partial charge is 0.0728 e. The van der Waals surface area contributed by atoms with E-state index in [4.69, 9.17) is 21.9 Å². The second-order valence-electron chi connectivity index (χ2n) is 5.54. The molecule has 2 aliphatic rings. The molecule has 1 aromatic rings. The fourth-order valence-corrected chi connectivity index (χ4v) is 3.10. The fourth-order valence-electron chi connectivity index (χ4n) is 2.43. The Hall–Kier alpha value is -2.23. The van der Waals surface area contributed by atoms with E-state index in [2.05, 4.69) is 24.3 Å². The van der Waals surface area contributed by atoms with Crippen LogP contribution in [0.5, 0.6) is 0 Å². The first kappa shape index (κ1) is 15.7. The molecular formula is C18H19N4P. The van der Waals surface area contributed by atoms with Crippen molar-refractivity contribution < 1.29 is 0 Å². The second-order valence-corrected chi connectivity index (χ2v) is 7.72. The summed E-state index contributed by atoms with van der Waals surface area (Å²) in [5.41, 5.74) is 20.1. The number of nitrogens with two attached hydrogens (primary N) is 3. The number of hydrogen-bond donors (Lipinski definition) is 4. The van der Waals surface area contributed by atoms with E-state index in [1.54, 1.807) is 12.2 Å². The maximum atomic E-state index is 7.54. The van der Waals surface area contributed by atoms with Gasteiger partial charge in [0.05, 0.1) is 13.0 Å². The van der Waals surface area contributed by atoms with Crippen LogP contribution in [0.25, 0.3) is 11.1 Å². The highest BCUT2D eigenvalue weighted by Gasteiger charge is 2.06. The van der Waals surface area contributed by atoms with Gasteiger partial charge < -0.3 is 5.41 Å².